The van der Waals surface area contributed by atoms with Gasteiger partial charge < -0.3 is 24.7 Å². The quantitative estimate of drug-likeness (QED) is 0.324. The summed E-state index contributed by atoms with van der Waals surface area (Å²) < 4.78 is 19.4. The van der Waals surface area contributed by atoms with Crippen LogP contribution in [-0.4, -0.2) is 80.2 Å². The summed E-state index contributed by atoms with van der Waals surface area (Å²) in [4.78, 5) is 35.9. The van der Waals surface area contributed by atoms with Gasteiger partial charge >= 0.3 is 17.2 Å². The van der Waals surface area contributed by atoms with E-state index in [0.717, 1.165) is 57.5 Å². The summed E-state index contributed by atoms with van der Waals surface area (Å²) in [5.41, 5.74) is 5.66. The van der Waals surface area contributed by atoms with Crippen molar-refractivity contribution in [1.29, 1.82) is 0 Å². The number of rotatable bonds is 10. The Morgan fingerprint density at radius 2 is 1.88 bits per heavy atom. The molecule has 1 aliphatic heterocycles. The highest BCUT2D eigenvalue weighted by atomic mass is 32.2. The number of carbonyl (C=O) groups is 3. The van der Waals surface area contributed by atoms with Gasteiger partial charge in [-0.05, 0) is 31.1 Å². The standard InChI is InChI=1S/C15H26N2O7S/c1-12(18)23-11-24-15(20)25-10-13(16)14(19)22-7-3-2-4-17-5-8-21-9-6-17/h13H,2-11,16H2,1H3/t13-/m0/s1. The van der Waals surface area contributed by atoms with Gasteiger partial charge in [-0.3, -0.25) is 14.5 Å². The summed E-state index contributed by atoms with van der Waals surface area (Å²) in [6, 6.07) is -0.912. The lowest BCUT2D eigenvalue weighted by Crippen LogP contribution is -2.37. The molecule has 0 aromatic heterocycles. The molecule has 1 aliphatic rings. The first kappa shape index (κ1) is 21.7. The number of esters is 2. The minimum Gasteiger partial charge on any atom is -0.465 e. The molecule has 0 spiro atoms. The van der Waals surface area contributed by atoms with Crippen molar-refractivity contribution >= 4 is 29.0 Å². The molecule has 25 heavy (non-hydrogen) atoms. The number of ether oxygens (including phenoxy) is 4. The highest BCUT2D eigenvalue weighted by molar-refractivity contribution is 8.13. The van der Waals surface area contributed by atoms with Crippen molar-refractivity contribution in [3.63, 3.8) is 0 Å². The van der Waals surface area contributed by atoms with E-state index in [1.54, 1.807) is 0 Å². The number of thioether (sulfide) groups is 1. The van der Waals surface area contributed by atoms with Gasteiger partial charge in [0.15, 0.2) is 0 Å². The van der Waals surface area contributed by atoms with Gasteiger partial charge in [0.2, 0.25) is 6.79 Å². The second kappa shape index (κ2) is 12.9. The molecule has 0 aromatic rings. The van der Waals surface area contributed by atoms with Gasteiger partial charge in [-0.25, -0.2) is 4.79 Å². The molecule has 1 heterocycles. The number of nitrogens with two attached hydrogens (primary N) is 1. The molecule has 0 amide bonds. The molecule has 1 atom stereocenters. The molecule has 0 aliphatic carbocycles. The Kier molecular flexibility index (Phi) is 11.2. The molecule has 1 rings (SSSR count). The summed E-state index contributed by atoms with van der Waals surface area (Å²) in [5.74, 6) is -1.07. The SMILES string of the molecule is CC(=O)OCOC(=O)SC[C@H](N)C(=O)OCCCCN1CCOCC1. The number of hydrogen-bond donors (Lipinski definition) is 1. The van der Waals surface area contributed by atoms with E-state index in [4.69, 9.17) is 15.2 Å². The summed E-state index contributed by atoms with van der Waals surface area (Å²) in [7, 11) is 0. The molecule has 10 heteroatoms. The van der Waals surface area contributed by atoms with Gasteiger partial charge in [0.25, 0.3) is 0 Å². The third-order valence-electron chi connectivity index (χ3n) is 3.34. The van der Waals surface area contributed by atoms with Gasteiger partial charge in [0.1, 0.15) is 6.04 Å². The third kappa shape index (κ3) is 11.0. The molecule has 1 saturated heterocycles. The van der Waals surface area contributed by atoms with Crippen LogP contribution in [-0.2, 0) is 28.5 Å². The zero-order valence-electron chi connectivity index (χ0n) is 14.4. The lowest BCUT2D eigenvalue weighted by atomic mass is 10.3. The molecule has 0 unspecified atom stereocenters. The Morgan fingerprint density at radius 3 is 2.56 bits per heavy atom. The van der Waals surface area contributed by atoms with E-state index < -0.39 is 30.1 Å². The minimum absolute atomic E-state index is 0.0332. The van der Waals surface area contributed by atoms with Crippen molar-refractivity contribution in [3.05, 3.63) is 0 Å². The summed E-state index contributed by atoms with van der Waals surface area (Å²) in [6.45, 7) is 5.42. The highest BCUT2D eigenvalue weighted by Gasteiger charge is 2.18. The number of morpholine rings is 1. The Bertz CT molecular complexity index is 430. The zero-order chi connectivity index (χ0) is 18.5. The van der Waals surface area contributed by atoms with E-state index in [1.165, 1.54) is 6.92 Å². The average Bonchev–Trinajstić information content (AvgIpc) is 2.59. The lowest BCUT2D eigenvalue weighted by molar-refractivity contribution is -0.148. The van der Waals surface area contributed by atoms with Gasteiger partial charge in [-0.2, -0.15) is 0 Å². The largest absolute Gasteiger partial charge is 0.465 e. The van der Waals surface area contributed by atoms with Crippen molar-refractivity contribution in [1.82, 2.24) is 4.90 Å². The van der Waals surface area contributed by atoms with E-state index in [0.29, 0.717) is 6.61 Å². The van der Waals surface area contributed by atoms with Crippen LogP contribution >= 0.6 is 11.8 Å². The summed E-state index contributed by atoms with van der Waals surface area (Å²) in [5, 5.41) is -0.671. The van der Waals surface area contributed by atoms with Crippen LogP contribution in [0.5, 0.6) is 0 Å². The molecule has 9 nitrogen and oxygen atoms in total. The molecule has 0 radical (unpaired) electrons. The molecule has 0 bridgehead atoms. The van der Waals surface area contributed by atoms with Crippen LogP contribution in [0.25, 0.3) is 0 Å². The lowest BCUT2D eigenvalue weighted by Gasteiger charge is -2.26. The molecule has 0 saturated carbocycles. The molecular weight excluding hydrogens is 352 g/mol. The normalized spacial score (nSPS) is 16.1. The van der Waals surface area contributed by atoms with Crippen molar-refractivity contribution in [3.8, 4) is 0 Å². The van der Waals surface area contributed by atoms with Crippen molar-refractivity contribution in [2.75, 3.05) is 52.0 Å². The van der Waals surface area contributed by atoms with E-state index in [9.17, 15) is 14.4 Å². The van der Waals surface area contributed by atoms with Crippen LogP contribution in [0.1, 0.15) is 19.8 Å². The van der Waals surface area contributed by atoms with E-state index in [-0.39, 0.29) is 5.75 Å². The van der Waals surface area contributed by atoms with Gasteiger partial charge in [0, 0.05) is 25.8 Å². The molecule has 144 valence electrons. The van der Waals surface area contributed by atoms with E-state index in [1.807, 2.05) is 0 Å². The summed E-state index contributed by atoms with van der Waals surface area (Å²) >= 11 is 0.730. The average molecular weight is 378 g/mol. The maximum Gasteiger partial charge on any atom is 0.370 e. The van der Waals surface area contributed by atoms with Crippen molar-refractivity contribution in [2.45, 2.75) is 25.8 Å². The number of nitrogens with zero attached hydrogens (tertiary/aromatic N) is 1. The Labute approximate surface area is 151 Å². The van der Waals surface area contributed by atoms with Crippen LogP contribution in [0.15, 0.2) is 0 Å². The predicted octanol–water partition coefficient (Wildman–Crippen LogP) is 0.360. The number of unbranched alkanes of at least 4 members (excludes halogenated alkanes) is 1. The molecule has 2 N–H and O–H groups in total. The second-order valence-electron chi connectivity index (χ2n) is 5.39. The van der Waals surface area contributed by atoms with Gasteiger partial charge in [-0.1, -0.05) is 0 Å². The van der Waals surface area contributed by atoms with Crippen LogP contribution < -0.4 is 5.73 Å². The van der Waals surface area contributed by atoms with E-state index in [2.05, 4.69) is 14.4 Å². The summed E-state index contributed by atoms with van der Waals surface area (Å²) in [6.07, 6.45) is 1.69. The monoisotopic (exact) mass is 378 g/mol. The first-order valence-corrected chi connectivity index (χ1v) is 9.13. The smallest absolute Gasteiger partial charge is 0.370 e. The first-order valence-electron chi connectivity index (χ1n) is 8.14. The van der Waals surface area contributed by atoms with Gasteiger partial charge in [0.05, 0.1) is 19.8 Å². The van der Waals surface area contributed by atoms with Crippen LogP contribution in [0.2, 0.25) is 0 Å². The minimum atomic E-state index is -0.912. The predicted molar refractivity (Wildman–Crippen MR) is 91.0 cm³/mol. The van der Waals surface area contributed by atoms with E-state index >= 15 is 0 Å². The first-order chi connectivity index (χ1) is 12.0. The Balaban J connectivity index is 2.01. The zero-order valence-corrected chi connectivity index (χ0v) is 15.3. The van der Waals surface area contributed by atoms with Gasteiger partial charge in [-0.15, -0.1) is 0 Å². The number of hydrogen-bond acceptors (Lipinski definition) is 10. The van der Waals surface area contributed by atoms with Crippen LogP contribution in [0.4, 0.5) is 4.79 Å². The topological polar surface area (TPSA) is 117 Å². The maximum absolute atomic E-state index is 11.7. The maximum atomic E-state index is 11.7. The molecule has 0 aromatic carbocycles. The van der Waals surface area contributed by atoms with Crippen LogP contribution in [0, 0.1) is 0 Å². The fraction of sp³-hybridized carbons (Fsp3) is 0.800. The molecule has 1 fully saturated rings. The highest BCUT2D eigenvalue weighted by Crippen LogP contribution is 2.08. The fourth-order valence-electron chi connectivity index (χ4n) is 1.97. The number of carbonyl (C=O) groups excluding carboxylic acids is 3. The molecular formula is C15H26N2O7S. The van der Waals surface area contributed by atoms with Crippen molar-refractivity contribution in [2.24, 2.45) is 5.73 Å². The fourth-order valence-corrected chi connectivity index (χ4v) is 2.55. The Morgan fingerprint density at radius 1 is 1.16 bits per heavy atom. The van der Waals surface area contributed by atoms with Crippen LogP contribution in [0.3, 0.4) is 0 Å². The third-order valence-corrected chi connectivity index (χ3v) is 4.22. The second-order valence-corrected chi connectivity index (χ2v) is 6.35. The van der Waals surface area contributed by atoms with Crippen molar-refractivity contribution < 1.29 is 33.3 Å². The Hall–Kier alpha value is -1.36.